The molecule has 3 nitrogen and oxygen atoms in total. The molecule has 31 heavy (non-hydrogen) atoms. The van der Waals surface area contributed by atoms with Crippen LogP contribution in [0.25, 0.3) is 0 Å². The first-order valence-electron chi connectivity index (χ1n) is 11.5. The molecule has 2 aromatic carbocycles. The maximum atomic E-state index is 12.8. The molecule has 168 valence electrons. The van der Waals surface area contributed by atoms with Crippen molar-refractivity contribution in [2.45, 2.75) is 93.1 Å². The summed E-state index contributed by atoms with van der Waals surface area (Å²) in [5.41, 5.74) is 7.72. The molecule has 1 unspecified atom stereocenters. The Morgan fingerprint density at radius 1 is 1.03 bits per heavy atom. The van der Waals surface area contributed by atoms with Crippen LogP contribution < -0.4 is 10.1 Å². The second kappa shape index (κ2) is 8.00. The van der Waals surface area contributed by atoms with Crippen molar-refractivity contribution in [1.82, 2.24) is 0 Å². The highest BCUT2D eigenvalue weighted by Crippen LogP contribution is 2.54. The SMILES string of the molecule is Cc1c(C)c(NC(=O)CC(C)(C)C)c2c(c1C)C(c1ccc(C(C)C)cc1)C(C)(C)O2. The van der Waals surface area contributed by atoms with Gasteiger partial charge in [-0.25, -0.2) is 0 Å². The molecule has 2 aromatic rings. The highest BCUT2D eigenvalue weighted by molar-refractivity contribution is 5.95. The maximum Gasteiger partial charge on any atom is 0.225 e. The largest absolute Gasteiger partial charge is 0.484 e. The fourth-order valence-corrected chi connectivity index (χ4v) is 4.73. The molecular formula is C28H39NO2. The third-order valence-electron chi connectivity index (χ3n) is 6.62. The summed E-state index contributed by atoms with van der Waals surface area (Å²) >= 11 is 0. The summed E-state index contributed by atoms with van der Waals surface area (Å²) in [4.78, 5) is 12.8. The second-order valence-corrected chi connectivity index (χ2v) is 11.2. The summed E-state index contributed by atoms with van der Waals surface area (Å²) in [5.74, 6) is 1.49. The van der Waals surface area contributed by atoms with Gasteiger partial charge < -0.3 is 10.1 Å². The first-order chi connectivity index (χ1) is 14.2. The third-order valence-corrected chi connectivity index (χ3v) is 6.62. The van der Waals surface area contributed by atoms with Gasteiger partial charge >= 0.3 is 0 Å². The molecule has 0 saturated heterocycles. The zero-order chi connectivity index (χ0) is 23.3. The van der Waals surface area contributed by atoms with Crippen LogP contribution in [0.1, 0.15) is 100 Å². The normalized spacial score (nSPS) is 17.5. The molecular weight excluding hydrogens is 382 g/mol. The number of carbonyl (C=O) groups excluding carboxylic acids is 1. The average molecular weight is 422 g/mol. The molecule has 1 atom stereocenters. The molecule has 0 radical (unpaired) electrons. The van der Waals surface area contributed by atoms with Crippen molar-refractivity contribution >= 4 is 11.6 Å². The summed E-state index contributed by atoms with van der Waals surface area (Å²) in [6.07, 6.45) is 0.470. The Morgan fingerprint density at radius 3 is 2.13 bits per heavy atom. The van der Waals surface area contributed by atoms with Gasteiger partial charge in [0.2, 0.25) is 5.91 Å². The number of benzene rings is 2. The Kier molecular flexibility index (Phi) is 6.03. The first-order valence-corrected chi connectivity index (χ1v) is 11.5. The molecule has 0 spiro atoms. The summed E-state index contributed by atoms with van der Waals surface area (Å²) in [5, 5.41) is 3.21. The van der Waals surface area contributed by atoms with Crippen LogP contribution in [-0.2, 0) is 4.79 Å². The third kappa shape index (κ3) is 4.51. The highest BCUT2D eigenvalue weighted by Gasteiger charge is 2.45. The van der Waals surface area contributed by atoms with Gasteiger partial charge in [0.15, 0.2) is 0 Å². The highest BCUT2D eigenvalue weighted by atomic mass is 16.5. The van der Waals surface area contributed by atoms with Crippen LogP contribution in [0.3, 0.4) is 0 Å². The Bertz CT molecular complexity index is 991. The number of rotatable bonds is 4. The number of nitrogens with one attached hydrogen (secondary N) is 1. The van der Waals surface area contributed by atoms with E-state index in [0.29, 0.717) is 12.3 Å². The topological polar surface area (TPSA) is 38.3 Å². The van der Waals surface area contributed by atoms with E-state index in [2.05, 4.69) is 98.8 Å². The van der Waals surface area contributed by atoms with Gasteiger partial charge in [-0.15, -0.1) is 0 Å². The molecule has 3 rings (SSSR count). The summed E-state index contributed by atoms with van der Waals surface area (Å²) in [7, 11) is 0. The molecule has 1 amide bonds. The first kappa shape index (κ1) is 23.4. The lowest BCUT2D eigenvalue weighted by Crippen LogP contribution is -2.31. The van der Waals surface area contributed by atoms with E-state index in [9.17, 15) is 4.79 Å². The molecule has 0 fully saturated rings. The van der Waals surface area contributed by atoms with Crippen molar-refractivity contribution in [1.29, 1.82) is 0 Å². The number of ether oxygens (including phenoxy) is 1. The lowest BCUT2D eigenvalue weighted by molar-refractivity contribution is -0.117. The van der Waals surface area contributed by atoms with E-state index in [1.165, 1.54) is 27.8 Å². The Hall–Kier alpha value is -2.29. The minimum absolute atomic E-state index is 0.0344. The smallest absolute Gasteiger partial charge is 0.225 e. The molecule has 3 heteroatoms. The Morgan fingerprint density at radius 2 is 1.61 bits per heavy atom. The fourth-order valence-electron chi connectivity index (χ4n) is 4.73. The predicted octanol–water partition coefficient (Wildman–Crippen LogP) is 7.41. The molecule has 0 saturated carbocycles. The van der Waals surface area contributed by atoms with Gasteiger partial charge in [-0.1, -0.05) is 58.9 Å². The summed E-state index contributed by atoms with van der Waals surface area (Å²) < 4.78 is 6.60. The van der Waals surface area contributed by atoms with Gasteiger partial charge in [0.1, 0.15) is 11.4 Å². The van der Waals surface area contributed by atoms with Crippen LogP contribution in [-0.4, -0.2) is 11.5 Å². The molecule has 1 aliphatic rings. The van der Waals surface area contributed by atoms with Crippen molar-refractivity contribution in [3.63, 3.8) is 0 Å². The van der Waals surface area contributed by atoms with Crippen molar-refractivity contribution < 1.29 is 9.53 Å². The van der Waals surface area contributed by atoms with Crippen LogP contribution >= 0.6 is 0 Å². The number of hydrogen-bond donors (Lipinski definition) is 1. The minimum Gasteiger partial charge on any atom is -0.484 e. The van der Waals surface area contributed by atoms with Crippen LogP contribution in [0.2, 0.25) is 0 Å². The zero-order valence-electron chi connectivity index (χ0n) is 21.0. The predicted molar refractivity (Wildman–Crippen MR) is 130 cm³/mol. The van der Waals surface area contributed by atoms with Crippen molar-refractivity contribution in [3.05, 3.63) is 57.6 Å². The second-order valence-electron chi connectivity index (χ2n) is 11.2. The van der Waals surface area contributed by atoms with Gasteiger partial charge in [-0.05, 0) is 73.8 Å². The fraction of sp³-hybridized carbons (Fsp3) is 0.536. The van der Waals surface area contributed by atoms with Gasteiger partial charge in [0.05, 0.1) is 11.6 Å². The quantitative estimate of drug-likeness (QED) is 0.558. The van der Waals surface area contributed by atoms with E-state index in [1.54, 1.807) is 0 Å². The van der Waals surface area contributed by atoms with Crippen LogP contribution in [0.15, 0.2) is 24.3 Å². The zero-order valence-corrected chi connectivity index (χ0v) is 21.0. The van der Waals surface area contributed by atoms with Crippen LogP contribution in [0.5, 0.6) is 5.75 Å². The number of hydrogen-bond acceptors (Lipinski definition) is 2. The van der Waals surface area contributed by atoms with Gasteiger partial charge in [-0.2, -0.15) is 0 Å². The monoisotopic (exact) mass is 421 g/mol. The number of anilines is 1. The maximum absolute atomic E-state index is 12.8. The number of fused-ring (bicyclic) bond motifs is 1. The number of amides is 1. The Labute approximate surface area is 188 Å². The van der Waals surface area contributed by atoms with E-state index in [1.807, 2.05) is 0 Å². The van der Waals surface area contributed by atoms with Crippen LogP contribution in [0.4, 0.5) is 5.69 Å². The van der Waals surface area contributed by atoms with Gasteiger partial charge in [0, 0.05) is 12.0 Å². The van der Waals surface area contributed by atoms with E-state index < -0.39 is 5.60 Å². The molecule has 1 N–H and O–H groups in total. The molecule has 0 aliphatic carbocycles. The van der Waals surface area contributed by atoms with Gasteiger partial charge in [0.25, 0.3) is 0 Å². The van der Waals surface area contributed by atoms with E-state index in [-0.39, 0.29) is 17.2 Å². The van der Waals surface area contributed by atoms with Crippen LogP contribution in [0, 0.1) is 26.2 Å². The molecule has 1 aliphatic heterocycles. The van der Waals surface area contributed by atoms with Gasteiger partial charge in [-0.3, -0.25) is 4.79 Å². The molecule has 1 heterocycles. The minimum atomic E-state index is -0.407. The molecule has 0 aromatic heterocycles. The van der Waals surface area contributed by atoms with Crippen molar-refractivity contribution in [2.75, 3.05) is 5.32 Å². The average Bonchev–Trinajstić information content (AvgIpc) is 2.93. The van der Waals surface area contributed by atoms with Crippen molar-refractivity contribution in [3.8, 4) is 5.75 Å². The van der Waals surface area contributed by atoms with E-state index in [0.717, 1.165) is 17.0 Å². The van der Waals surface area contributed by atoms with E-state index in [4.69, 9.17) is 4.74 Å². The van der Waals surface area contributed by atoms with Crippen molar-refractivity contribution in [2.24, 2.45) is 5.41 Å². The molecule has 0 bridgehead atoms. The Balaban J connectivity index is 2.13. The lowest BCUT2D eigenvalue weighted by Gasteiger charge is -2.27. The standard InChI is InChI=1S/C28H39NO2/c1-16(2)20-11-13-21(14-12-20)24-23-18(4)17(3)19(5)25(26(23)31-28(24,9)10)29-22(30)15-27(6,7)8/h11-14,16,24H,15H2,1-10H3,(H,29,30). The summed E-state index contributed by atoms with van der Waals surface area (Å²) in [6.45, 7) is 21.4. The number of carbonyl (C=O) groups is 1. The lowest BCUT2D eigenvalue weighted by atomic mass is 9.78. The summed E-state index contributed by atoms with van der Waals surface area (Å²) in [6, 6.07) is 8.95. The van der Waals surface area contributed by atoms with E-state index >= 15 is 0 Å².